The number of nitrogens with zero attached hydrogens (tertiary/aromatic N) is 4. The molecule has 2 aliphatic heterocycles. The molecule has 4 rings (SSSR count). The number of fused-ring (bicyclic) bond motifs is 2. The lowest BCUT2D eigenvalue weighted by Crippen LogP contribution is -2.46. The van der Waals surface area contributed by atoms with Crippen LogP contribution in [0, 0.1) is 0 Å². The van der Waals surface area contributed by atoms with E-state index >= 15 is 4.39 Å². The summed E-state index contributed by atoms with van der Waals surface area (Å²) in [6.45, 7) is 4.85. The van der Waals surface area contributed by atoms with E-state index in [1.54, 1.807) is 13.8 Å². The molecular formula is C18H26FN6O7P. The molecule has 0 aliphatic carbocycles. The first-order valence-electron chi connectivity index (χ1n) is 10.5. The molecule has 2 fully saturated rings. The van der Waals surface area contributed by atoms with Gasteiger partial charge in [-0.15, -0.1) is 0 Å². The topological polar surface area (TPSA) is 162 Å². The molecule has 33 heavy (non-hydrogen) atoms. The molecular weight excluding hydrogens is 462 g/mol. The molecule has 0 saturated carbocycles. The molecule has 2 aromatic heterocycles. The first-order chi connectivity index (χ1) is 15.7. The number of alkyl halides is 1. The largest absolute Gasteiger partial charge is 0.476 e. The van der Waals surface area contributed by atoms with E-state index in [1.807, 2.05) is 0 Å². The van der Waals surface area contributed by atoms with Crippen molar-refractivity contribution >= 4 is 30.8 Å². The smallest absolute Gasteiger partial charge is 0.406 e. The third-order valence-electron chi connectivity index (χ3n) is 5.24. The Bertz CT molecular complexity index is 1080. The zero-order valence-electron chi connectivity index (χ0n) is 18.4. The summed E-state index contributed by atoms with van der Waals surface area (Å²) in [4.78, 5) is 23.6. The van der Waals surface area contributed by atoms with Crippen molar-refractivity contribution in [2.75, 3.05) is 32.1 Å². The molecule has 0 amide bonds. The Morgan fingerprint density at radius 2 is 2.24 bits per heavy atom. The van der Waals surface area contributed by atoms with Gasteiger partial charge in [0.05, 0.1) is 19.5 Å². The van der Waals surface area contributed by atoms with Gasteiger partial charge in [-0.2, -0.15) is 9.97 Å². The van der Waals surface area contributed by atoms with Crippen molar-refractivity contribution in [3.63, 3.8) is 0 Å². The molecule has 0 aromatic carbocycles. The zero-order valence-corrected chi connectivity index (χ0v) is 19.3. The molecule has 0 unspecified atom stereocenters. The Morgan fingerprint density at radius 1 is 1.45 bits per heavy atom. The fourth-order valence-electron chi connectivity index (χ4n) is 3.71. The highest BCUT2D eigenvalue weighted by Crippen LogP contribution is 2.56. The lowest BCUT2D eigenvalue weighted by Gasteiger charge is -2.34. The maximum atomic E-state index is 16.1. The summed E-state index contributed by atoms with van der Waals surface area (Å²) in [5.74, 6) is -0.291. The van der Waals surface area contributed by atoms with E-state index in [-0.39, 0.29) is 43.7 Å². The lowest BCUT2D eigenvalue weighted by molar-refractivity contribution is -0.143. The van der Waals surface area contributed by atoms with Crippen molar-refractivity contribution < 1.29 is 37.0 Å². The van der Waals surface area contributed by atoms with Crippen LogP contribution in [0.2, 0.25) is 0 Å². The highest BCUT2D eigenvalue weighted by molar-refractivity contribution is 7.51. The van der Waals surface area contributed by atoms with Crippen LogP contribution in [0.15, 0.2) is 6.33 Å². The maximum absolute atomic E-state index is 16.1. The fraction of sp³-hybridized carbons (Fsp3) is 0.667. The number of ether oxygens (including phenoxy) is 3. The molecule has 2 aromatic rings. The summed E-state index contributed by atoms with van der Waals surface area (Å²) in [6, 6.07) is 0. The molecule has 3 N–H and O–H groups in total. The number of carbonyl (C=O) groups is 1. The van der Waals surface area contributed by atoms with E-state index in [2.05, 4.69) is 20.0 Å². The average molecular weight is 488 g/mol. The van der Waals surface area contributed by atoms with Crippen LogP contribution in [0.4, 0.5) is 10.3 Å². The van der Waals surface area contributed by atoms with E-state index in [1.165, 1.54) is 17.8 Å². The third kappa shape index (κ3) is 4.53. The van der Waals surface area contributed by atoms with Gasteiger partial charge in [-0.3, -0.25) is 18.4 Å². The maximum Gasteiger partial charge on any atom is 0.406 e. The highest BCUT2D eigenvalue weighted by Gasteiger charge is 2.61. The van der Waals surface area contributed by atoms with Gasteiger partial charge in [-0.1, -0.05) is 6.92 Å². The number of imidazole rings is 1. The molecule has 2 aliphatic rings. The summed E-state index contributed by atoms with van der Waals surface area (Å²) in [5.41, 5.74) is 4.17. The SMILES string of the molecule is CCOc1nc(N)nc2c1ncn2[C@@H]1O[C@@H]2CO[P@](=O)(NCCOC(=O)CC)O[C@H]2[C@@]1(C)F. The summed E-state index contributed by atoms with van der Waals surface area (Å²) in [5, 5.41) is 2.57. The second-order valence-electron chi connectivity index (χ2n) is 7.62. The van der Waals surface area contributed by atoms with Crippen molar-refractivity contribution in [2.24, 2.45) is 0 Å². The Labute approximate surface area is 188 Å². The van der Waals surface area contributed by atoms with Crippen molar-refractivity contribution in [2.45, 2.75) is 51.3 Å². The molecule has 0 radical (unpaired) electrons. The van der Waals surface area contributed by atoms with Crippen molar-refractivity contribution in [3.05, 3.63) is 6.33 Å². The Kier molecular flexibility index (Phi) is 6.56. The van der Waals surface area contributed by atoms with Crippen molar-refractivity contribution in [3.8, 4) is 5.88 Å². The Hall–Kier alpha value is -2.38. The molecule has 5 atom stereocenters. The second-order valence-corrected chi connectivity index (χ2v) is 9.40. The van der Waals surface area contributed by atoms with Gasteiger partial charge in [-0.05, 0) is 13.8 Å². The van der Waals surface area contributed by atoms with Crippen LogP contribution in [0.25, 0.3) is 11.2 Å². The molecule has 0 bridgehead atoms. The van der Waals surface area contributed by atoms with E-state index in [9.17, 15) is 9.36 Å². The van der Waals surface area contributed by atoms with E-state index in [4.69, 9.17) is 29.0 Å². The van der Waals surface area contributed by atoms with Gasteiger partial charge >= 0.3 is 13.7 Å². The molecule has 2 saturated heterocycles. The van der Waals surface area contributed by atoms with E-state index in [0.29, 0.717) is 12.1 Å². The average Bonchev–Trinajstić information content (AvgIpc) is 3.29. The second kappa shape index (κ2) is 9.11. The number of esters is 1. The van der Waals surface area contributed by atoms with Crippen LogP contribution in [0.1, 0.15) is 33.4 Å². The number of rotatable bonds is 8. The van der Waals surface area contributed by atoms with Gasteiger partial charge in [0.15, 0.2) is 23.1 Å². The Morgan fingerprint density at radius 3 is 2.97 bits per heavy atom. The Balaban J connectivity index is 1.53. The summed E-state index contributed by atoms with van der Waals surface area (Å²) >= 11 is 0. The van der Waals surface area contributed by atoms with E-state index in [0.717, 1.165) is 0 Å². The number of anilines is 1. The molecule has 182 valence electrons. The van der Waals surface area contributed by atoms with Crippen LogP contribution in [0.3, 0.4) is 0 Å². The number of aromatic nitrogens is 4. The van der Waals surface area contributed by atoms with Crippen molar-refractivity contribution in [1.29, 1.82) is 0 Å². The first-order valence-corrected chi connectivity index (χ1v) is 12.0. The minimum atomic E-state index is -3.86. The van der Waals surface area contributed by atoms with Gasteiger partial charge < -0.3 is 19.9 Å². The van der Waals surface area contributed by atoms with Gasteiger partial charge in [0.2, 0.25) is 11.8 Å². The fourth-order valence-corrected chi connectivity index (χ4v) is 5.28. The number of nitrogens with two attached hydrogens (primary N) is 1. The monoisotopic (exact) mass is 488 g/mol. The minimum absolute atomic E-state index is 0.0102. The molecule has 15 heteroatoms. The number of nitrogen functional groups attached to an aromatic ring is 1. The van der Waals surface area contributed by atoms with Crippen LogP contribution in [-0.4, -0.2) is 69.7 Å². The number of carbonyl (C=O) groups excluding carboxylic acids is 1. The standard InChI is InChI=1S/C18H26FN6O7P/c1-4-11(26)29-7-6-22-33(27)30-8-10-13(32-33)18(3,19)16(31-10)25-9-21-12-14(25)23-17(20)24-15(12)28-5-2/h9-10,13,16H,4-8H2,1-3H3,(H,22,27)(H2,20,23,24)/t10-,13-,16-,18-,33-/m1/s1. The van der Waals surface area contributed by atoms with Crippen LogP contribution in [-0.2, 0) is 27.9 Å². The normalized spacial score (nSPS) is 31.5. The predicted molar refractivity (Wildman–Crippen MR) is 112 cm³/mol. The molecule has 0 spiro atoms. The quantitative estimate of drug-likeness (QED) is 0.313. The minimum Gasteiger partial charge on any atom is -0.476 e. The van der Waals surface area contributed by atoms with Gasteiger partial charge in [-0.25, -0.2) is 19.0 Å². The van der Waals surface area contributed by atoms with Crippen LogP contribution in [0.5, 0.6) is 5.88 Å². The zero-order chi connectivity index (χ0) is 23.8. The first kappa shape index (κ1) is 23.8. The summed E-state index contributed by atoms with van der Waals surface area (Å²) in [7, 11) is -3.86. The van der Waals surface area contributed by atoms with Gasteiger partial charge in [0.25, 0.3) is 0 Å². The highest BCUT2D eigenvalue weighted by atomic mass is 31.2. The van der Waals surface area contributed by atoms with Gasteiger partial charge in [0, 0.05) is 13.0 Å². The van der Waals surface area contributed by atoms with Crippen LogP contribution >= 0.6 is 7.75 Å². The number of hydrogen-bond acceptors (Lipinski definition) is 11. The van der Waals surface area contributed by atoms with Crippen LogP contribution < -0.4 is 15.6 Å². The summed E-state index contributed by atoms with van der Waals surface area (Å²) in [6.07, 6.45) is -1.70. The number of nitrogens with one attached hydrogen (secondary N) is 1. The predicted octanol–water partition coefficient (Wildman–Crippen LogP) is 1.50. The van der Waals surface area contributed by atoms with Crippen molar-refractivity contribution in [1.82, 2.24) is 24.6 Å². The summed E-state index contributed by atoms with van der Waals surface area (Å²) < 4.78 is 57.5. The third-order valence-corrected chi connectivity index (χ3v) is 6.85. The van der Waals surface area contributed by atoms with E-state index < -0.39 is 37.8 Å². The number of hydrogen-bond donors (Lipinski definition) is 2. The molecule has 4 heterocycles. The van der Waals surface area contributed by atoms with Gasteiger partial charge in [0.1, 0.15) is 18.8 Å². The number of halogens is 1. The lowest BCUT2D eigenvalue weighted by atomic mass is 9.98. The molecule has 13 nitrogen and oxygen atoms in total.